The fourth-order valence-corrected chi connectivity index (χ4v) is 2.82. The minimum atomic E-state index is -0.569. The van der Waals surface area contributed by atoms with Gasteiger partial charge in [-0.3, -0.25) is 4.79 Å². The molecule has 1 aliphatic rings. The molecule has 0 aromatic carbocycles. The molecule has 0 saturated heterocycles. The predicted octanol–water partition coefficient (Wildman–Crippen LogP) is 2.20. The van der Waals surface area contributed by atoms with Crippen LogP contribution in [0, 0.1) is 6.92 Å². The SMILES string of the molecule is COC(=O)c1[nH]c2c(c1N)C(=O)C[C@H](c1ccc(C)o1)C2. The Hall–Kier alpha value is -2.50. The first kappa shape index (κ1) is 13.5. The van der Waals surface area contributed by atoms with Crippen LogP contribution < -0.4 is 5.73 Å². The number of Topliss-reactive ketones (excluding diaryl/α,β-unsaturated/α-hetero) is 1. The third-order valence-electron chi connectivity index (χ3n) is 3.83. The number of hydrogen-bond donors (Lipinski definition) is 2. The maximum absolute atomic E-state index is 12.3. The Morgan fingerprint density at radius 2 is 2.19 bits per heavy atom. The lowest BCUT2D eigenvalue weighted by Crippen LogP contribution is -2.18. The summed E-state index contributed by atoms with van der Waals surface area (Å²) in [6.07, 6.45) is 0.901. The second-order valence-corrected chi connectivity index (χ2v) is 5.24. The van der Waals surface area contributed by atoms with Crippen LogP contribution in [-0.2, 0) is 11.2 Å². The summed E-state index contributed by atoms with van der Waals surface area (Å²) in [6.45, 7) is 1.86. The van der Waals surface area contributed by atoms with Crippen molar-refractivity contribution < 1.29 is 18.7 Å². The summed E-state index contributed by atoms with van der Waals surface area (Å²) in [5.74, 6) is 0.894. The van der Waals surface area contributed by atoms with Crippen molar-refractivity contribution in [3.8, 4) is 0 Å². The average molecular weight is 288 g/mol. The molecule has 1 atom stereocenters. The molecule has 0 fully saturated rings. The van der Waals surface area contributed by atoms with Crippen molar-refractivity contribution in [3.63, 3.8) is 0 Å². The van der Waals surface area contributed by atoms with Gasteiger partial charge in [0.1, 0.15) is 17.2 Å². The van der Waals surface area contributed by atoms with E-state index in [9.17, 15) is 9.59 Å². The number of aromatic amines is 1. The molecule has 1 aliphatic carbocycles. The number of hydrogen-bond acceptors (Lipinski definition) is 5. The summed E-state index contributed by atoms with van der Waals surface area (Å²) < 4.78 is 10.3. The smallest absolute Gasteiger partial charge is 0.356 e. The molecule has 3 rings (SSSR count). The number of ether oxygens (including phenoxy) is 1. The molecule has 0 aliphatic heterocycles. The van der Waals surface area contributed by atoms with Crippen LogP contribution in [0.25, 0.3) is 0 Å². The Labute approximate surface area is 121 Å². The van der Waals surface area contributed by atoms with Crippen molar-refractivity contribution in [2.45, 2.75) is 25.7 Å². The second-order valence-electron chi connectivity index (χ2n) is 5.24. The van der Waals surface area contributed by atoms with E-state index in [1.54, 1.807) is 0 Å². The van der Waals surface area contributed by atoms with Crippen molar-refractivity contribution in [2.75, 3.05) is 12.8 Å². The fourth-order valence-electron chi connectivity index (χ4n) is 2.82. The number of aromatic nitrogens is 1. The summed E-state index contributed by atoms with van der Waals surface area (Å²) in [6, 6.07) is 3.75. The molecular formula is C15H16N2O4. The molecule has 2 aromatic heterocycles. The van der Waals surface area contributed by atoms with Gasteiger partial charge in [-0.15, -0.1) is 0 Å². The van der Waals surface area contributed by atoms with Crippen LogP contribution in [0.1, 0.15) is 50.4 Å². The van der Waals surface area contributed by atoms with Gasteiger partial charge in [-0.1, -0.05) is 0 Å². The number of methoxy groups -OCH3 is 1. The lowest BCUT2D eigenvalue weighted by atomic mass is 9.85. The fraction of sp³-hybridized carbons (Fsp3) is 0.333. The maximum Gasteiger partial charge on any atom is 0.356 e. The van der Waals surface area contributed by atoms with Gasteiger partial charge < -0.3 is 19.9 Å². The number of H-pyrrole nitrogens is 1. The number of anilines is 1. The molecule has 6 heteroatoms. The molecule has 3 N–H and O–H groups in total. The highest BCUT2D eigenvalue weighted by atomic mass is 16.5. The Bertz CT molecular complexity index is 726. The zero-order valence-corrected chi connectivity index (χ0v) is 11.9. The maximum atomic E-state index is 12.3. The van der Waals surface area contributed by atoms with E-state index in [0.717, 1.165) is 11.5 Å². The number of carbonyl (C=O) groups excluding carboxylic acids is 2. The number of aryl methyl sites for hydroxylation is 1. The molecule has 110 valence electrons. The molecule has 2 heterocycles. The van der Waals surface area contributed by atoms with Crippen LogP contribution in [0.4, 0.5) is 5.69 Å². The average Bonchev–Trinajstić information content (AvgIpc) is 3.02. The van der Waals surface area contributed by atoms with Crippen LogP contribution in [-0.4, -0.2) is 23.8 Å². The van der Waals surface area contributed by atoms with Gasteiger partial charge in [0, 0.05) is 18.0 Å². The van der Waals surface area contributed by atoms with Gasteiger partial charge in [0.2, 0.25) is 0 Å². The molecule has 0 bridgehead atoms. The molecule has 6 nitrogen and oxygen atoms in total. The van der Waals surface area contributed by atoms with Crippen LogP contribution in [0.5, 0.6) is 0 Å². The highest BCUT2D eigenvalue weighted by molar-refractivity contribution is 6.08. The number of furan rings is 1. The zero-order valence-electron chi connectivity index (χ0n) is 11.9. The van der Waals surface area contributed by atoms with E-state index in [-0.39, 0.29) is 23.1 Å². The first-order valence-corrected chi connectivity index (χ1v) is 6.69. The molecule has 0 spiro atoms. The monoisotopic (exact) mass is 288 g/mol. The van der Waals surface area contributed by atoms with Gasteiger partial charge in [-0.2, -0.15) is 0 Å². The van der Waals surface area contributed by atoms with Crippen molar-refractivity contribution in [1.29, 1.82) is 0 Å². The van der Waals surface area contributed by atoms with E-state index < -0.39 is 5.97 Å². The highest BCUT2D eigenvalue weighted by Crippen LogP contribution is 2.37. The van der Waals surface area contributed by atoms with Crippen molar-refractivity contribution in [2.24, 2.45) is 0 Å². The first-order chi connectivity index (χ1) is 10.0. The molecule has 0 saturated carbocycles. The Morgan fingerprint density at radius 1 is 1.43 bits per heavy atom. The Kier molecular flexibility index (Phi) is 3.08. The molecule has 0 radical (unpaired) electrons. The van der Waals surface area contributed by atoms with E-state index in [2.05, 4.69) is 9.72 Å². The second kappa shape index (κ2) is 4.80. The number of rotatable bonds is 2. The molecule has 0 amide bonds. The van der Waals surface area contributed by atoms with Gasteiger partial charge >= 0.3 is 5.97 Å². The topological polar surface area (TPSA) is 98.3 Å². The molecule has 2 aromatic rings. The molecule has 0 unspecified atom stereocenters. The van der Waals surface area contributed by atoms with Gasteiger partial charge in [-0.05, 0) is 25.5 Å². The van der Waals surface area contributed by atoms with Crippen LogP contribution >= 0.6 is 0 Å². The van der Waals surface area contributed by atoms with E-state index in [4.69, 9.17) is 10.2 Å². The standard InChI is InChI=1S/C15H16N2O4/c1-7-3-4-11(21-7)8-5-9-12(10(18)6-8)13(16)14(17-9)15(19)20-2/h3-4,8,17H,5-6,16H2,1-2H3/t8-/m1/s1. The van der Waals surface area contributed by atoms with Crippen molar-refractivity contribution >= 4 is 17.4 Å². The normalized spacial score (nSPS) is 17.6. The summed E-state index contributed by atoms with van der Waals surface area (Å²) in [5.41, 5.74) is 7.31. The van der Waals surface area contributed by atoms with E-state index >= 15 is 0 Å². The third kappa shape index (κ3) is 2.12. The number of ketones is 1. The summed E-state index contributed by atoms with van der Waals surface area (Å²) in [5, 5.41) is 0. The first-order valence-electron chi connectivity index (χ1n) is 6.69. The van der Waals surface area contributed by atoms with Crippen molar-refractivity contribution in [1.82, 2.24) is 4.98 Å². The number of nitrogen functional groups attached to an aromatic ring is 1. The zero-order chi connectivity index (χ0) is 15.1. The number of esters is 1. The van der Waals surface area contributed by atoms with Gasteiger partial charge in [-0.25, -0.2) is 4.79 Å². The van der Waals surface area contributed by atoms with Gasteiger partial charge in [0.15, 0.2) is 5.78 Å². The van der Waals surface area contributed by atoms with Gasteiger partial charge in [0.05, 0.1) is 18.4 Å². The van der Waals surface area contributed by atoms with Crippen LogP contribution in [0.2, 0.25) is 0 Å². The van der Waals surface area contributed by atoms with Crippen LogP contribution in [0.15, 0.2) is 16.5 Å². The van der Waals surface area contributed by atoms with E-state index in [0.29, 0.717) is 24.1 Å². The van der Waals surface area contributed by atoms with Crippen molar-refractivity contribution in [3.05, 3.63) is 40.6 Å². The molecule has 21 heavy (non-hydrogen) atoms. The molecular weight excluding hydrogens is 272 g/mol. The Balaban J connectivity index is 1.99. The summed E-state index contributed by atoms with van der Waals surface area (Å²) in [4.78, 5) is 26.9. The Morgan fingerprint density at radius 3 is 2.81 bits per heavy atom. The minimum Gasteiger partial charge on any atom is -0.466 e. The predicted molar refractivity (Wildman–Crippen MR) is 75.4 cm³/mol. The van der Waals surface area contributed by atoms with Crippen LogP contribution in [0.3, 0.4) is 0 Å². The highest BCUT2D eigenvalue weighted by Gasteiger charge is 2.33. The number of carbonyl (C=O) groups is 2. The summed E-state index contributed by atoms with van der Waals surface area (Å²) in [7, 11) is 1.28. The van der Waals surface area contributed by atoms with E-state index in [1.165, 1.54) is 7.11 Å². The third-order valence-corrected chi connectivity index (χ3v) is 3.83. The largest absolute Gasteiger partial charge is 0.466 e. The van der Waals surface area contributed by atoms with Gasteiger partial charge in [0.25, 0.3) is 0 Å². The number of nitrogens with one attached hydrogen (secondary N) is 1. The van der Waals surface area contributed by atoms with E-state index in [1.807, 2.05) is 19.1 Å². The minimum absolute atomic E-state index is 0.0396. The quantitative estimate of drug-likeness (QED) is 0.825. The lowest BCUT2D eigenvalue weighted by molar-refractivity contribution is 0.0595. The number of nitrogens with two attached hydrogens (primary N) is 1. The summed E-state index contributed by atoms with van der Waals surface area (Å²) >= 11 is 0. The number of fused-ring (bicyclic) bond motifs is 1. The lowest BCUT2D eigenvalue weighted by Gasteiger charge is -2.19.